The predicted octanol–water partition coefficient (Wildman–Crippen LogP) is 4.68. The lowest BCUT2D eigenvalue weighted by Gasteiger charge is -2.18. The zero-order valence-electron chi connectivity index (χ0n) is 20.3. The van der Waals surface area contributed by atoms with Gasteiger partial charge in [0, 0.05) is 26.0 Å². The SMILES string of the molecule is CNC(=O)[C@H](Cc1ccc(N=N/C(C(C)=O)=C(\C)O)cc1)NC(=O)c1ccc(OC(C)C)c(Cl)c1. The summed E-state index contributed by atoms with van der Waals surface area (Å²) in [5.41, 5.74) is 1.38. The molecule has 2 rings (SSSR count). The number of hydrogen-bond donors (Lipinski definition) is 3. The number of benzene rings is 2. The van der Waals surface area contributed by atoms with E-state index in [1.807, 2.05) is 13.8 Å². The molecule has 0 aromatic heterocycles. The second kappa shape index (κ2) is 12.7. The lowest BCUT2D eigenvalue weighted by Crippen LogP contribution is -2.47. The first-order valence-electron chi connectivity index (χ1n) is 10.9. The molecule has 186 valence electrons. The number of likely N-dealkylation sites (N-methyl/N-ethyl adjacent to an activating group) is 1. The van der Waals surface area contributed by atoms with Gasteiger partial charge in [-0.1, -0.05) is 23.7 Å². The van der Waals surface area contributed by atoms with Gasteiger partial charge < -0.3 is 20.5 Å². The largest absolute Gasteiger partial charge is 0.510 e. The van der Waals surface area contributed by atoms with Gasteiger partial charge in [-0.2, -0.15) is 5.11 Å². The number of aliphatic hydroxyl groups excluding tert-OH is 1. The number of ether oxygens (including phenoxy) is 1. The van der Waals surface area contributed by atoms with E-state index < -0.39 is 17.7 Å². The Balaban J connectivity index is 2.14. The normalized spacial score (nSPS) is 12.8. The Morgan fingerprint density at radius 3 is 2.26 bits per heavy atom. The van der Waals surface area contributed by atoms with Crippen molar-refractivity contribution in [3.05, 3.63) is 70.1 Å². The molecule has 0 spiro atoms. The van der Waals surface area contributed by atoms with Gasteiger partial charge in [0.1, 0.15) is 17.6 Å². The van der Waals surface area contributed by atoms with Crippen molar-refractivity contribution in [1.82, 2.24) is 10.6 Å². The van der Waals surface area contributed by atoms with E-state index in [1.54, 1.807) is 36.4 Å². The third-order valence-corrected chi connectivity index (χ3v) is 5.04. The minimum atomic E-state index is -0.838. The minimum Gasteiger partial charge on any atom is -0.510 e. The van der Waals surface area contributed by atoms with Crippen LogP contribution in [0.1, 0.15) is 43.6 Å². The van der Waals surface area contributed by atoms with Crippen LogP contribution in [0, 0.1) is 0 Å². The molecular formula is C25H29ClN4O5. The maximum atomic E-state index is 12.8. The van der Waals surface area contributed by atoms with Gasteiger partial charge in [0.05, 0.1) is 16.8 Å². The highest BCUT2D eigenvalue weighted by Gasteiger charge is 2.21. The van der Waals surface area contributed by atoms with Crippen LogP contribution >= 0.6 is 11.6 Å². The van der Waals surface area contributed by atoms with Crippen LogP contribution in [-0.4, -0.2) is 41.9 Å². The molecule has 0 aliphatic carbocycles. The molecule has 2 aromatic rings. The fourth-order valence-corrected chi connectivity index (χ4v) is 3.28. The Morgan fingerprint density at radius 2 is 1.74 bits per heavy atom. The second-order valence-corrected chi connectivity index (χ2v) is 8.42. The average Bonchev–Trinajstić information content (AvgIpc) is 2.79. The number of azo groups is 1. The number of allylic oxidation sites excluding steroid dienone is 2. The summed E-state index contributed by atoms with van der Waals surface area (Å²) >= 11 is 6.23. The fraction of sp³-hybridized carbons (Fsp3) is 0.320. The van der Waals surface area contributed by atoms with Gasteiger partial charge in [0.2, 0.25) is 5.91 Å². The number of halogens is 1. The number of carbonyl (C=O) groups is 3. The molecule has 1 atom stereocenters. The minimum absolute atomic E-state index is 0.0656. The van der Waals surface area contributed by atoms with Gasteiger partial charge in [-0.15, -0.1) is 5.11 Å². The van der Waals surface area contributed by atoms with E-state index in [0.717, 1.165) is 5.56 Å². The van der Waals surface area contributed by atoms with Crippen LogP contribution in [0.4, 0.5) is 5.69 Å². The molecule has 0 saturated heterocycles. The number of rotatable bonds is 10. The molecule has 3 N–H and O–H groups in total. The molecular weight excluding hydrogens is 472 g/mol. The summed E-state index contributed by atoms with van der Waals surface area (Å²) in [6, 6.07) is 10.6. The highest BCUT2D eigenvalue weighted by molar-refractivity contribution is 6.32. The first-order chi connectivity index (χ1) is 16.5. The standard InChI is InChI=1S/C25H29ClN4O5/c1-14(2)35-22-11-8-18(13-20(22)26)24(33)28-21(25(34)27-5)12-17-6-9-19(10-7-17)29-30-23(15(3)31)16(4)32/h6-11,13-14,21,31H,12H2,1-5H3,(H,27,34)(H,28,33)/b23-15+,30-29?/t21-/m0/s1. The van der Waals surface area contributed by atoms with E-state index in [9.17, 15) is 19.5 Å². The Bertz CT molecular complexity index is 1140. The van der Waals surface area contributed by atoms with Crippen LogP contribution in [0.25, 0.3) is 0 Å². The quantitative estimate of drug-likeness (QED) is 0.248. The summed E-state index contributed by atoms with van der Waals surface area (Å²) in [5, 5.41) is 22.9. The van der Waals surface area contributed by atoms with E-state index in [-0.39, 0.29) is 29.9 Å². The van der Waals surface area contributed by atoms with E-state index in [2.05, 4.69) is 20.9 Å². The number of carbonyl (C=O) groups excluding carboxylic acids is 3. The van der Waals surface area contributed by atoms with Crippen LogP contribution in [0.3, 0.4) is 0 Å². The Hall–Kier alpha value is -3.72. The summed E-state index contributed by atoms with van der Waals surface area (Å²) in [7, 11) is 1.49. The summed E-state index contributed by atoms with van der Waals surface area (Å²) < 4.78 is 5.58. The molecule has 35 heavy (non-hydrogen) atoms. The van der Waals surface area contributed by atoms with Crippen molar-refractivity contribution >= 4 is 34.9 Å². The van der Waals surface area contributed by atoms with E-state index >= 15 is 0 Å². The van der Waals surface area contributed by atoms with Gasteiger partial charge in [0.15, 0.2) is 11.5 Å². The molecule has 0 fully saturated rings. The second-order valence-electron chi connectivity index (χ2n) is 8.01. The van der Waals surface area contributed by atoms with Crippen molar-refractivity contribution in [3.63, 3.8) is 0 Å². The molecule has 9 nitrogen and oxygen atoms in total. The maximum Gasteiger partial charge on any atom is 0.251 e. The average molecular weight is 501 g/mol. The summed E-state index contributed by atoms with van der Waals surface area (Å²) in [5.74, 6) is -0.964. The number of Topliss-reactive ketones (excluding diaryl/α,β-unsaturated/α-hetero) is 1. The van der Waals surface area contributed by atoms with Gasteiger partial charge in [0.25, 0.3) is 5.91 Å². The van der Waals surface area contributed by atoms with Crippen LogP contribution in [-0.2, 0) is 16.0 Å². The van der Waals surface area contributed by atoms with Gasteiger partial charge in [-0.25, -0.2) is 0 Å². The van der Waals surface area contributed by atoms with Crippen LogP contribution < -0.4 is 15.4 Å². The van der Waals surface area contributed by atoms with Crippen LogP contribution in [0.2, 0.25) is 5.02 Å². The first kappa shape index (κ1) is 27.5. The number of nitrogens with one attached hydrogen (secondary N) is 2. The van der Waals surface area contributed by atoms with Crippen molar-refractivity contribution < 1.29 is 24.2 Å². The van der Waals surface area contributed by atoms with Crippen molar-refractivity contribution in [2.45, 2.75) is 46.3 Å². The van der Waals surface area contributed by atoms with Crippen molar-refractivity contribution in [1.29, 1.82) is 0 Å². The highest BCUT2D eigenvalue weighted by atomic mass is 35.5. The van der Waals surface area contributed by atoms with Crippen LogP contribution in [0.5, 0.6) is 5.75 Å². The summed E-state index contributed by atoms with van der Waals surface area (Å²) in [6.07, 6.45) is 0.156. The zero-order chi connectivity index (χ0) is 26.1. The van der Waals surface area contributed by atoms with E-state index in [4.69, 9.17) is 16.3 Å². The number of amides is 2. The predicted molar refractivity (Wildman–Crippen MR) is 133 cm³/mol. The molecule has 0 aliphatic heterocycles. The topological polar surface area (TPSA) is 129 Å². The van der Waals surface area contributed by atoms with E-state index in [1.165, 1.54) is 27.0 Å². The molecule has 2 amide bonds. The highest BCUT2D eigenvalue weighted by Crippen LogP contribution is 2.26. The molecule has 0 heterocycles. The number of hydrogen-bond acceptors (Lipinski definition) is 7. The molecule has 0 radical (unpaired) electrons. The molecule has 0 saturated carbocycles. The zero-order valence-corrected chi connectivity index (χ0v) is 21.0. The monoisotopic (exact) mass is 500 g/mol. The number of nitrogens with zero attached hydrogens (tertiary/aromatic N) is 2. The maximum absolute atomic E-state index is 12.8. The van der Waals surface area contributed by atoms with Crippen molar-refractivity contribution in [2.24, 2.45) is 10.2 Å². The smallest absolute Gasteiger partial charge is 0.251 e. The first-order valence-corrected chi connectivity index (χ1v) is 11.3. The Labute approximate surface area is 209 Å². The van der Waals surface area contributed by atoms with Crippen molar-refractivity contribution in [2.75, 3.05) is 7.05 Å². The third kappa shape index (κ3) is 8.22. The summed E-state index contributed by atoms with van der Waals surface area (Å²) in [4.78, 5) is 36.7. The van der Waals surface area contributed by atoms with Gasteiger partial charge in [-0.05, 0) is 56.7 Å². The number of aliphatic hydroxyl groups is 1. The Kier molecular flexibility index (Phi) is 9.96. The lowest BCUT2D eigenvalue weighted by molar-refractivity contribution is -0.122. The fourth-order valence-electron chi connectivity index (χ4n) is 3.06. The van der Waals surface area contributed by atoms with Crippen LogP contribution in [0.15, 0.2) is 64.1 Å². The van der Waals surface area contributed by atoms with Crippen molar-refractivity contribution in [3.8, 4) is 5.75 Å². The van der Waals surface area contributed by atoms with Gasteiger partial charge in [-0.3, -0.25) is 14.4 Å². The molecule has 0 unspecified atom stereocenters. The molecule has 0 aliphatic rings. The Morgan fingerprint density at radius 1 is 1.09 bits per heavy atom. The molecule has 10 heteroatoms. The van der Waals surface area contributed by atoms with Gasteiger partial charge >= 0.3 is 0 Å². The van der Waals surface area contributed by atoms with E-state index in [0.29, 0.717) is 22.0 Å². The molecule has 2 aromatic carbocycles. The third-order valence-electron chi connectivity index (χ3n) is 4.74. The lowest BCUT2D eigenvalue weighted by atomic mass is 10.0. The molecule has 0 bridgehead atoms. The summed E-state index contributed by atoms with van der Waals surface area (Å²) in [6.45, 7) is 6.38. The number of ketones is 1.